The predicted molar refractivity (Wildman–Crippen MR) is 166 cm³/mol. The maximum absolute atomic E-state index is 13.1. The fourth-order valence-electron chi connectivity index (χ4n) is 4.12. The molecule has 0 aliphatic heterocycles. The van der Waals surface area contributed by atoms with Gasteiger partial charge in [0.25, 0.3) is 5.91 Å². The van der Waals surface area contributed by atoms with Gasteiger partial charge in [0.2, 0.25) is 17.7 Å². The second-order valence-corrected chi connectivity index (χ2v) is 11.0. The zero-order chi connectivity index (χ0) is 35.4. The number of hydrogen-bond acceptors (Lipinski definition) is 9. The molecule has 3 rings (SSSR count). The molecule has 2 aromatic carbocycles. The van der Waals surface area contributed by atoms with Crippen LogP contribution < -0.4 is 26.6 Å². The number of benzene rings is 2. The molecule has 0 fully saturated rings. The van der Waals surface area contributed by atoms with Crippen molar-refractivity contribution in [2.45, 2.75) is 38.0 Å². The number of amides is 5. The van der Waals surface area contributed by atoms with Gasteiger partial charge >= 0.3 is 18.1 Å². The summed E-state index contributed by atoms with van der Waals surface area (Å²) in [5, 5.41) is 32.1. The Labute approximate surface area is 275 Å². The molecule has 0 spiro atoms. The van der Waals surface area contributed by atoms with Crippen molar-refractivity contribution in [2.75, 3.05) is 25.0 Å². The first-order chi connectivity index (χ1) is 22.7. The van der Waals surface area contributed by atoms with Gasteiger partial charge in [0.05, 0.1) is 12.2 Å². The number of nitrogens with one attached hydrogen (secondary N) is 5. The van der Waals surface area contributed by atoms with Crippen molar-refractivity contribution in [1.29, 1.82) is 0 Å². The molecule has 48 heavy (non-hydrogen) atoms. The molecular weight excluding hydrogens is 661 g/mol. The third kappa shape index (κ3) is 11.2. The van der Waals surface area contributed by atoms with Crippen LogP contribution in [0.4, 0.5) is 18.9 Å². The zero-order valence-corrected chi connectivity index (χ0v) is 26.0. The predicted octanol–water partition coefficient (Wildman–Crippen LogP) is 1.31. The Bertz CT molecular complexity index is 1650. The highest BCUT2D eigenvalue weighted by atomic mass is 32.1. The molecule has 7 N–H and O–H groups in total. The minimum absolute atomic E-state index is 0.00498. The van der Waals surface area contributed by atoms with Crippen molar-refractivity contribution in [3.05, 3.63) is 70.7 Å². The van der Waals surface area contributed by atoms with E-state index in [1.807, 2.05) is 0 Å². The standard InChI is InChI=1S/C30H31F3N6O8S/c1-16(41)36-22(14-40)26(44)38-21(12-17-6-8-20(9-7-17)37-27(45)29(46)47)24(42)34-10-3-11-35-25(43)23-15-48-28(39-23)18-4-2-5-19(13-18)30(31,32)33/h2,4-9,13,15,21-22,40H,3,10-12,14H2,1H3,(H,34,42)(H,35,43)(H,36,41)(H,37,45)(H,38,44)(H,46,47)/t21-,22-/m0/s1. The van der Waals surface area contributed by atoms with Crippen LogP contribution in [0.25, 0.3) is 10.6 Å². The highest BCUT2D eigenvalue weighted by Crippen LogP contribution is 2.33. The van der Waals surface area contributed by atoms with Gasteiger partial charge in [-0.1, -0.05) is 24.3 Å². The monoisotopic (exact) mass is 692 g/mol. The van der Waals surface area contributed by atoms with Gasteiger partial charge in [-0.15, -0.1) is 11.3 Å². The van der Waals surface area contributed by atoms with Crippen LogP contribution in [0.5, 0.6) is 0 Å². The molecule has 0 bridgehead atoms. The second-order valence-electron chi connectivity index (χ2n) is 10.2. The lowest BCUT2D eigenvalue weighted by molar-refractivity contribution is -0.147. The number of rotatable bonds is 14. The van der Waals surface area contributed by atoms with E-state index in [0.717, 1.165) is 30.4 Å². The Morgan fingerprint density at radius 1 is 0.917 bits per heavy atom. The molecule has 18 heteroatoms. The van der Waals surface area contributed by atoms with Crippen molar-refractivity contribution in [3.8, 4) is 10.6 Å². The van der Waals surface area contributed by atoms with E-state index in [-0.39, 0.29) is 47.9 Å². The molecule has 14 nitrogen and oxygen atoms in total. The van der Waals surface area contributed by atoms with Gasteiger partial charge in [-0.25, -0.2) is 9.78 Å². The van der Waals surface area contributed by atoms with Gasteiger partial charge in [-0.2, -0.15) is 13.2 Å². The maximum Gasteiger partial charge on any atom is 0.416 e. The summed E-state index contributed by atoms with van der Waals surface area (Å²) in [5.41, 5.74) is 0.0522. The van der Waals surface area contributed by atoms with Crippen LogP contribution in [0, 0.1) is 0 Å². The third-order valence-corrected chi connectivity index (χ3v) is 7.36. The van der Waals surface area contributed by atoms with Crippen LogP contribution in [0.1, 0.15) is 35.0 Å². The number of carbonyl (C=O) groups is 6. The summed E-state index contributed by atoms with van der Waals surface area (Å²) in [6, 6.07) is 7.83. The number of carboxylic acid groups (broad SMARTS) is 1. The molecule has 2 atom stereocenters. The molecule has 1 aromatic heterocycles. The number of aliphatic carboxylic acids is 1. The Morgan fingerprint density at radius 2 is 1.60 bits per heavy atom. The molecule has 0 saturated carbocycles. The number of nitrogens with zero attached hydrogens (tertiary/aromatic N) is 1. The van der Waals surface area contributed by atoms with E-state index in [9.17, 15) is 47.0 Å². The van der Waals surface area contributed by atoms with Gasteiger partial charge in [-0.05, 0) is 36.2 Å². The van der Waals surface area contributed by atoms with Gasteiger partial charge in [0.15, 0.2) is 0 Å². The van der Waals surface area contributed by atoms with E-state index in [0.29, 0.717) is 5.56 Å². The fourth-order valence-corrected chi connectivity index (χ4v) is 4.92. The molecule has 0 saturated heterocycles. The van der Waals surface area contributed by atoms with Crippen LogP contribution >= 0.6 is 11.3 Å². The normalized spacial score (nSPS) is 12.3. The summed E-state index contributed by atoms with van der Waals surface area (Å²) in [5.74, 6) is -5.56. The summed E-state index contributed by atoms with van der Waals surface area (Å²) < 4.78 is 39.1. The summed E-state index contributed by atoms with van der Waals surface area (Å²) >= 11 is 1.01. The number of halogens is 3. The highest BCUT2D eigenvalue weighted by Gasteiger charge is 2.31. The number of aromatic nitrogens is 1. The van der Waals surface area contributed by atoms with Crippen LogP contribution in [0.2, 0.25) is 0 Å². The molecule has 3 aromatic rings. The minimum Gasteiger partial charge on any atom is -0.474 e. The van der Waals surface area contributed by atoms with Crippen molar-refractivity contribution in [2.24, 2.45) is 0 Å². The maximum atomic E-state index is 13.1. The Morgan fingerprint density at radius 3 is 2.23 bits per heavy atom. The Kier molecular flexibility index (Phi) is 13.1. The second kappa shape index (κ2) is 17.0. The molecule has 0 radical (unpaired) electrons. The minimum atomic E-state index is -4.53. The van der Waals surface area contributed by atoms with E-state index >= 15 is 0 Å². The lowest BCUT2D eigenvalue weighted by Crippen LogP contribution is -2.55. The lowest BCUT2D eigenvalue weighted by atomic mass is 10.0. The highest BCUT2D eigenvalue weighted by molar-refractivity contribution is 7.13. The van der Waals surface area contributed by atoms with Crippen molar-refractivity contribution < 1.29 is 52.2 Å². The number of anilines is 1. The van der Waals surface area contributed by atoms with Crippen LogP contribution in [-0.2, 0) is 36.6 Å². The van der Waals surface area contributed by atoms with E-state index in [1.54, 1.807) is 0 Å². The van der Waals surface area contributed by atoms with Gasteiger partial charge in [-0.3, -0.25) is 24.0 Å². The first-order valence-electron chi connectivity index (χ1n) is 14.2. The summed E-state index contributed by atoms with van der Waals surface area (Å²) in [6.07, 6.45) is -4.36. The average molecular weight is 693 g/mol. The van der Waals surface area contributed by atoms with Crippen LogP contribution in [-0.4, -0.2) is 82.5 Å². The van der Waals surface area contributed by atoms with Crippen LogP contribution in [0.3, 0.4) is 0 Å². The number of carboxylic acids is 1. The van der Waals surface area contributed by atoms with Gasteiger partial charge < -0.3 is 36.8 Å². The topological polar surface area (TPSA) is 216 Å². The van der Waals surface area contributed by atoms with E-state index in [4.69, 9.17) is 5.11 Å². The summed E-state index contributed by atoms with van der Waals surface area (Å²) in [6.45, 7) is 0.545. The van der Waals surface area contributed by atoms with E-state index in [1.165, 1.54) is 41.8 Å². The average Bonchev–Trinajstić information content (AvgIpc) is 3.54. The molecule has 5 amide bonds. The number of aliphatic hydroxyl groups is 1. The first kappa shape index (κ1) is 37.1. The largest absolute Gasteiger partial charge is 0.474 e. The van der Waals surface area contributed by atoms with E-state index in [2.05, 4.69) is 31.6 Å². The number of alkyl halides is 3. The SMILES string of the molecule is CC(=O)N[C@@H](CO)C(=O)N[C@@H](Cc1ccc(NC(=O)C(=O)O)cc1)C(=O)NCCCNC(=O)c1csc(-c2cccc(C(F)(F)F)c2)n1. The number of carbonyl (C=O) groups excluding carboxylic acids is 5. The third-order valence-electron chi connectivity index (χ3n) is 6.47. The van der Waals surface area contributed by atoms with Crippen molar-refractivity contribution >= 4 is 52.5 Å². The first-order valence-corrected chi connectivity index (χ1v) is 15.1. The van der Waals surface area contributed by atoms with Gasteiger partial charge in [0, 0.05) is 43.1 Å². The molecule has 0 aliphatic rings. The Balaban J connectivity index is 1.57. The van der Waals surface area contributed by atoms with Crippen molar-refractivity contribution in [3.63, 3.8) is 0 Å². The van der Waals surface area contributed by atoms with Crippen LogP contribution in [0.15, 0.2) is 53.9 Å². The fraction of sp³-hybridized carbons (Fsp3) is 0.300. The molecule has 256 valence electrons. The summed E-state index contributed by atoms with van der Waals surface area (Å²) in [4.78, 5) is 76.0. The zero-order valence-electron chi connectivity index (χ0n) is 25.2. The number of hydrogen-bond donors (Lipinski definition) is 7. The van der Waals surface area contributed by atoms with E-state index < -0.39 is 65.9 Å². The smallest absolute Gasteiger partial charge is 0.416 e. The molecule has 0 aliphatic carbocycles. The molecule has 1 heterocycles. The Hall–Kier alpha value is -5.36. The molecular formula is C30H31F3N6O8S. The lowest BCUT2D eigenvalue weighted by Gasteiger charge is -2.22. The number of aliphatic hydroxyl groups excluding tert-OH is 1. The summed E-state index contributed by atoms with van der Waals surface area (Å²) in [7, 11) is 0. The van der Waals surface area contributed by atoms with Gasteiger partial charge in [0.1, 0.15) is 22.8 Å². The molecule has 0 unspecified atom stereocenters. The number of thiazole rings is 1. The van der Waals surface area contributed by atoms with Crippen molar-refractivity contribution in [1.82, 2.24) is 26.3 Å². The quantitative estimate of drug-likeness (QED) is 0.0957.